The molecule has 3 nitrogen and oxygen atoms in total. The first-order valence-electron chi connectivity index (χ1n) is 3.69. The van der Waals surface area contributed by atoms with Gasteiger partial charge in [-0.25, -0.2) is 10.0 Å². The van der Waals surface area contributed by atoms with Crippen molar-refractivity contribution < 1.29 is 0 Å². The summed E-state index contributed by atoms with van der Waals surface area (Å²) in [6.45, 7) is 2.16. The Hall–Kier alpha value is 0.230. The van der Waals surface area contributed by atoms with E-state index in [-0.39, 0.29) is 5.50 Å². The van der Waals surface area contributed by atoms with Gasteiger partial charge in [-0.3, -0.25) is 0 Å². The Morgan fingerprint density at radius 2 is 2.10 bits per heavy atom. The van der Waals surface area contributed by atoms with Gasteiger partial charge in [0, 0.05) is 13.1 Å². The number of rotatable bonds is 0. The van der Waals surface area contributed by atoms with Crippen molar-refractivity contribution in [2.75, 3.05) is 19.0 Å². The van der Waals surface area contributed by atoms with Gasteiger partial charge < -0.3 is 0 Å². The lowest BCUT2D eigenvalue weighted by Crippen LogP contribution is -2.45. The van der Waals surface area contributed by atoms with Crippen LogP contribution in [0.3, 0.4) is 0 Å². The molecule has 56 valence electrons. The SMILES string of the molecule is [N]C1SCN2CCCCN12. The largest absolute Gasteiger partial charge is 0.229 e. The van der Waals surface area contributed by atoms with Gasteiger partial charge in [0.25, 0.3) is 0 Å². The summed E-state index contributed by atoms with van der Waals surface area (Å²) in [6, 6.07) is 0. The Morgan fingerprint density at radius 3 is 2.90 bits per heavy atom. The minimum atomic E-state index is -0.264. The van der Waals surface area contributed by atoms with Gasteiger partial charge in [0.2, 0.25) is 0 Å². The van der Waals surface area contributed by atoms with E-state index in [0.717, 1.165) is 19.0 Å². The van der Waals surface area contributed by atoms with E-state index in [2.05, 4.69) is 10.0 Å². The number of fused-ring (bicyclic) bond motifs is 1. The van der Waals surface area contributed by atoms with Crippen LogP contribution in [0.4, 0.5) is 0 Å². The van der Waals surface area contributed by atoms with Crippen LogP contribution in [0.1, 0.15) is 12.8 Å². The maximum Gasteiger partial charge on any atom is 0.156 e. The van der Waals surface area contributed by atoms with Gasteiger partial charge in [0.15, 0.2) is 5.50 Å². The number of thioether (sulfide) groups is 1. The minimum Gasteiger partial charge on any atom is -0.229 e. The first-order chi connectivity index (χ1) is 4.88. The Kier molecular flexibility index (Phi) is 1.86. The molecule has 2 radical (unpaired) electrons. The first-order valence-corrected chi connectivity index (χ1v) is 4.74. The molecule has 2 aliphatic rings. The molecule has 0 aliphatic carbocycles. The molecule has 0 bridgehead atoms. The molecule has 2 aliphatic heterocycles. The molecule has 2 fully saturated rings. The highest BCUT2D eigenvalue weighted by molar-refractivity contribution is 7.99. The number of hydrazine groups is 1. The molecule has 0 saturated carbocycles. The summed E-state index contributed by atoms with van der Waals surface area (Å²) in [5.74, 6) is 0.973. The monoisotopic (exact) mass is 157 g/mol. The molecule has 0 aromatic rings. The molecule has 0 amide bonds. The van der Waals surface area contributed by atoms with E-state index in [0.29, 0.717) is 0 Å². The Morgan fingerprint density at radius 1 is 1.30 bits per heavy atom. The van der Waals surface area contributed by atoms with Gasteiger partial charge in [-0.15, -0.1) is 17.5 Å². The van der Waals surface area contributed by atoms with Crippen LogP contribution in [0.2, 0.25) is 0 Å². The number of nitrogens with zero attached hydrogens (tertiary/aromatic N) is 3. The molecule has 0 N–H and O–H groups in total. The summed E-state index contributed by atoms with van der Waals surface area (Å²) in [6.07, 6.45) is 2.51. The van der Waals surface area contributed by atoms with Crippen molar-refractivity contribution >= 4 is 11.8 Å². The quantitative estimate of drug-likeness (QED) is 0.508. The van der Waals surface area contributed by atoms with Crippen LogP contribution in [0, 0.1) is 0 Å². The zero-order chi connectivity index (χ0) is 6.97. The highest BCUT2D eigenvalue weighted by Gasteiger charge is 2.32. The summed E-state index contributed by atoms with van der Waals surface area (Å²) in [7, 11) is 0. The molecule has 2 rings (SSSR count). The van der Waals surface area contributed by atoms with Gasteiger partial charge >= 0.3 is 0 Å². The van der Waals surface area contributed by atoms with E-state index in [9.17, 15) is 5.73 Å². The lowest BCUT2D eigenvalue weighted by Gasteiger charge is -2.32. The molecule has 1 atom stereocenters. The molecular formula is C6H11N3S. The molecule has 2 heterocycles. The maximum absolute atomic E-state index is 9.37. The fourth-order valence-corrected chi connectivity index (χ4v) is 2.46. The van der Waals surface area contributed by atoms with Crippen LogP contribution >= 0.6 is 11.8 Å². The molecule has 4 heteroatoms. The van der Waals surface area contributed by atoms with Gasteiger partial charge in [0.1, 0.15) is 0 Å². The normalized spacial score (nSPS) is 36.3. The van der Waals surface area contributed by atoms with Crippen LogP contribution in [0.15, 0.2) is 0 Å². The average molecular weight is 157 g/mol. The van der Waals surface area contributed by atoms with Crippen molar-refractivity contribution in [2.45, 2.75) is 18.3 Å². The maximum atomic E-state index is 9.37. The van der Waals surface area contributed by atoms with Crippen molar-refractivity contribution in [2.24, 2.45) is 0 Å². The topological polar surface area (TPSA) is 28.8 Å². The van der Waals surface area contributed by atoms with Gasteiger partial charge in [-0.05, 0) is 12.8 Å². The van der Waals surface area contributed by atoms with Crippen LogP contribution in [-0.2, 0) is 0 Å². The van der Waals surface area contributed by atoms with E-state index >= 15 is 0 Å². The predicted molar refractivity (Wildman–Crippen MR) is 41.0 cm³/mol. The summed E-state index contributed by atoms with van der Waals surface area (Å²) in [4.78, 5) is 0. The molecule has 2 saturated heterocycles. The third-order valence-corrected chi connectivity index (χ3v) is 3.03. The fourth-order valence-electron chi connectivity index (χ4n) is 1.47. The van der Waals surface area contributed by atoms with E-state index in [1.807, 2.05) is 0 Å². The highest BCUT2D eigenvalue weighted by atomic mass is 32.2. The fraction of sp³-hybridized carbons (Fsp3) is 1.00. The molecule has 0 aromatic heterocycles. The highest BCUT2D eigenvalue weighted by Crippen LogP contribution is 2.28. The van der Waals surface area contributed by atoms with Crippen molar-refractivity contribution in [3.05, 3.63) is 0 Å². The van der Waals surface area contributed by atoms with E-state index < -0.39 is 0 Å². The molecule has 0 spiro atoms. The number of hydrogen-bond donors (Lipinski definition) is 0. The zero-order valence-corrected chi connectivity index (χ0v) is 6.68. The molecular weight excluding hydrogens is 146 g/mol. The lowest BCUT2D eigenvalue weighted by molar-refractivity contribution is -0.0280. The third-order valence-electron chi connectivity index (χ3n) is 2.04. The van der Waals surface area contributed by atoms with Crippen molar-refractivity contribution in [3.63, 3.8) is 0 Å². The zero-order valence-electron chi connectivity index (χ0n) is 5.86. The van der Waals surface area contributed by atoms with Crippen molar-refractivity contribution in [1.29, 1.82) is 0 Å². The second-order valence-corrected chi connectivity index (χ2v) is 3.74. The van der Waals surface area contributed by atoms with Gasteiger partial charge in [0.05, 0.1) is 5.88 Å². The summed E-state index contributed by atoms with van der Waals surface area (Å²) < 4.78 is 0. The molecule has 0 aromatic carbocycles. The second kappa shape index (κ2) is 2.70. The second-order valence-electron chi connectivity index (χ2n) is 2.72. The van der Waals surface area contributed by atoms with Crippen LogP contribution in [0.25, 0.3) is 0 Å². The Labute approximate surface area is 65.5 Å². The van der Waals surface area contributed by atoms with E-state index in [1.165, 1.54) is 12.8 Å². The van der Waals surface area contributed by atoms with Gasteiger partial charge in [-0.1, -0.05) is 0 Å². The van der Waals surface area contributed by atoms with E-state index in [1.54, 1.807) is 11.8 Å². The van der Waals surface area contributed by atoms with Crippen LogP contribution in [-0.4, -0.2) is 34.5 Å². The lowest BCUT2D eigenvalue weighted by atomic mass is 10.2. The smallest absolute Gasteiger partial charge is 0.156 e. The van der Waals surface area contributed by atoms with Crippen molar-refractivity contribution in [3.8, 4) is 0 Å². The Bertz CT molecular complexity index is 128. The summed E-state index contributed by atoms with van der Waals surface area (Å²) in [5.41, 5.74) is 9.11. The summed E-state index contributed by atoms with van der Waals surface area (Å²) >= 11 is 1.61. The summed E-state index contributed by atoms with van der Waals surface area (Å²) in [5, 5.41) is 4.30. The van der Waals surface area contributed by atoms with E-state index in [4.69, 9.17) is 0 Å². The first kappa shape index (κ1) is 6.91. The standard InChI is InChI=1S/C6H11N3S/c7-6-9-4-2-1-3-8(9)5-10-6/h6H,1-5H2. The predicted octanol–water partition coefficient (Wildman–Crippen LogP) is 0.356. The molecule has 10 heavy (non-hydrogen) atoms. The van der Waals surface area contributed by atoms with Crippen LogP contribution in [0.5, 0.6) is 0 Å². The average Bonchev–Trinajstić information content (AvgIpc) is 2.34. The molecule has 1 unspecified atom stereocenters. The van der Waals surface area contributed by atoms with Gasteiger partial charge in [-0.2, -0.15) is 0 Å². The number of hydrogen-bond acceptors (Lipinski definition) is 3. The van der Waals surface area contributed by atoms with Crippen LogP contribution < -0.4 is 5.73 Å². The minimum absolute atomic E-state index is 0.264. The Balaban J connectivity index is 2.01. The van der Waals surface area contributed by atoms with Crippen molar-refractivity contribution in [1.82, 2.24) is 15.8 Å². The third kappa shape index (κ3) is 1.05.